The quantitative estimate of drug-likeness (QED) is 0.505. The highest BCUT2D eigenvalue weighted by Crippen LogP contribution is 2.45. The summed E-state index contributed by atoms with van der Waals surface area (Å²) in [5.74, 6) is 1.86. The van der Waals surface area contributed by atoms with Crippen molar-refractivity contribution in [1.29, 1.82) is 0 Å². The first-order valence-electron chi connectivity index (χ1n) is 8.85. The Morgan fingerprint density at radius 1 is 0.964 bits per heavy atom. The number of nitrogens with one attached hydrogen (secondary N) is 1. The molecular formula is C21H23ClN2O3S. The highest BCUT2D eigenvalue weighted by atomic mass is 35.5. The Kier molecular flexibility index (Phi) is 7.14. The first kappa shape index (κ1) is 20.5. The Bertz CT molecular complexity index is 913. The summed E-state index contributed by atoms with van der Waals surface area (Å²) in [5, 5.41) is 5.22. The minimum atomic E-state index is 0.582. The number of ether oxygens (including phenoxy) is 3. The van der Waals surface area contributed by atoms with Gasteiger partial charge in [0.2, 0.25) is 5.75 Å². The van der Waals surface area contributed by atoms with Gasteiger partial charge in [-0.15, -0.1) is 11.3 Å². The zero-order valence-corrected chi connectivity index (χ0v) is 17.7. The molecule has 7 heteroatoms. The average Bonchev–Trinajstić information content (AvgIpc) is 3.19. The van der Waals surface area contributed by atoms with Crippen LogP contribution in [0.1, 0.15) is 10.6 Å². The van der Waals surface area contributed by atoms with E-state index in [1.54, 1.807) is 32.7 Å². The Hall–Kier alpha value is -2.28. The second kappa shape index (κ2) is 9.78. The SMILES string of the molecule is COc1ccc(-c2cnc(CNCCc3ccc(Cl)cc3)s2)c(OC)c1OC. The third-order valence-corrected chi connectivity index (χ3v) is 5.59. The number of thiazole rings is 1. The fraction of sp³-hybridized carbons (Fsp3) is 0.286. The van der Waals surface area contributed by atoms with Gasteiger partial charge in [-0.1, -0.05) is 23.7 Å². The number of methoxy groups -OCH3 is 3. The monoisotopic (exact) mass is 418 g/mol. The van der Waals surface area contributed by atoms with Crippen molar-refractivity contribution >= 4 is 22.9 Å². The van der Waals surface area contributed by atoms with Gasteiger partial charge in [0.05, 0.1) is 26.2 Å². The molecule has 0 aliphatic heterocycles. The van der Waals surface area contributed by atoms with Crippen molar-refractivity contribution < 1.29 is 14.2 Å². The molecule has 1 aromatic heterocycles. The second-order valence-electron chi connectivity index (χ2n) is 6.05. The molecule has 0 unspecified atom stereocenters. The Morgan fingerprint density at radius 2 is 1.71 bits per heavy atom. The van der Waals surface area contributed by atoms with Crippen LogP contribution in [-0.4, -0.2) is 32.9 Å². The molecule has 3 rings (SSSR count). The van der Waals surface area contributed by atoms with E-state index in [4.69, 9.17) is 25.8 Å². The van der Waals surface area contributed by atoms with Gasteiger partial charge in [0, 0.05) is 23.3 Å². The summed E-state index contributed by atoms with van der Waals surface area (Å²) in [6.07, 6.45) is 2.81. The Balaban J connectivity index is 1.64. The molecule has 0 fully saturated rings. The standard InChI is InChI=1S/C21H23ClN2O3S/c1-25-17-9-8-16(20(26-2)21(17)27-3)18-12-24-19(28-18)13-23-11-10-14-4-6-15(22)7-5-14/h4-9,12,23H,10-11,13H2,1-3H3. The van der Waals surface area contributed by atoms with Gasteiger partial charge in [-0.3, -0.25) is 0 Å². The van der Waals surface area contributed by atoms with Gasteiger partial charge < -0.3 is 19.5 Å². The van der Waals surface area contributed by atoms with E-state index >= 15 is 0 Å². The highest BCUT2D eigenvalue weighted by Gasteiger charge is 2.18. The normalized spacial score (nSPS) is 10.7. The molecule has 0 amide bonds. The summed E-state index contributed by atoms with van der Waals surface area (Å²) in [4.78, 5) is 5.55. The number of halogens is 1. The van der Waals surface area contributed by atoms with Crippen LogP contribution in [0.3, 0.4) is 0 Å². The maximum Gasteiger partial charge on any atom is 0.203 e. The van der Waals surface area contributed by atoms with Crippen LogP contribution in [0.5, 0.6) is 17.2 Å². The maximum absolute atomic E-state index is 5.92. The molecule has 1 heterocycles. The van der Waals surface area contributed by atoms with E-state index in [9.17, 15) is 0 Å². The van der Waals surface area contributed by atoms with Crippen LogP contribution >= 0.6 is 22.9 Å². The van der Waals surface area contributed by atoms with Crippen molar-refractivity contribution in [3.63, 3.8) is 0 Å². The van der Waals surface area contributed by atoms with E-state index in [-0.39, 0.29) is 0 Å². The second-order valence-corrected chi connectivity index (χ2v) is 7.61. The van der Waals surface area contributed by atoms with E-state index < -0.39 is 0 Å². The van der Waals surface area contributed by atoms with E-state index in [1.807, 2.05) is 30.5 Å². The van der Waals surface area contributed by atoms with Crippen LogP contribution in [0, 0.1) is 0 Å². The van der Waals surface area contributed by atoms with Gasteiger partial charge in [0.15, 0.2) is 11.5 Å². The first-order valence-corrected chi connectivity index (χ1v) is 10.0. The first-order chi connectivity index (χ1) is 13.7. The van der Waals surface area contributed by atoms with Gasteiger partial charge in [0.1, 0.15) is 5.01 Å². The summed E-state index contributed by atoms with van der Waals surface area (Å²) in [6.45, 7) is 1.59. The van der Waals surface area contributed by atoms with E-state index in [0.29, 0.717) is 23.8 Å². The molecule has 0 aliphatic carbocycles. The lowest BCUT2D eigenvalue weighted by Gasteiger charge is -2.14. The molecule has 5 nitrogen and oxygen atoms in total. The van der Waals surface area contributed by atoms with Crippen molar-refractivity contribution in [2.75, 3.05) is 27.9 Å². The van der Waals surface area contributed by atoms with E-state index in [0.717, 1.165) is 33.4 Å². The predicted molar refractivity (Wildman–Crippen MR) is 114 cm³/mol. The molecule has 0 atom stereocenters. The zero-order valence-electron chi connectivity index (χ0n) is 16.1. The van der Waals surface area contributed by atoms with Gasteiger partial charge in [-0.2, -0.15) is 0 Å². The van der Waals surface area contributed by atoms with E-state index in [1.165, 1.54) is 5.56 Å². The molecule has 28 heavy (non-hydrogen) atoms. The molecule has 0 radical (unpaired) electrons. The summed E-state index contributed by atoms with van der Waals surface area (Å²) >= 11 is 7.55. The Labute approximate surface area is 174 Å². The van der Waals surface area contributed by atoms with Gasteiger partial charge in [0.25, 0.3) is 0 Å². The van der Waals surface area contributed by atoms with Crippen molar-refractivity contribution in [3.05, 3.63) is 58.2 Å². The van der Waals surface area contributed by atoms with Gasteiger partial charge >= 0.3 is 0 Å². The largest absolute Gasteiger partial charge is 0.493 e. The lowest BCUT2D eigenvalue weighted by molar-refractivity contribution is 0.325. The topological polar surface area (TPSA) is 52.6 Å². The zero-order chi connectivity index (χ0) is 19.9. The average molecular weight is 419 g/mol. The number of hydrogen-bond donors (Lipinski definition) is 1. The molecule has 0 bridgehead atoms. The maximum atomic E-state index is 5.92. The molecular weight excluding hydrogens is 396 g/mol. The lowest BCUT2D eigenvalue weighted by atomic mass is 10.1. The fourth-order valence-electron chi connectivity index (χ4n) is 2.89. The van der Waals surface area contributed by atoms with Crippen molar-refractivity contribution in [2.24, 2.45) is 0 Å². The van der Waals surface area contributed by atoms with Crippen LogP contribution in [0.2, 0.25) is 5.02 Å². The van der Waals surface area contributed by atoms with Crippen LogP contribution < -0.4 is 19.5 Å². The minimum Gasteiger partial charge on any atom is -0.493 e. The fourth-order valence-corrected chi connectivity index (χ4v) is 3.93. The van der Waals surface area contributed by atoms with Crippen molar-refractivity contribution in [2.45, 2.75) is 13.0 Å². The summed E-state index contributed by atoms with van der Waals surface area (Å²) < 4.78 is 16.4. The van der Waals surface area contributed by atoms with Crippen LogP contribution in [-0.2, 0) is 13.0 Å². The predicted octanol–water partition coefficient (Wildman–Crippen LogP) is 4.82. The summed E-state index contributed by atoms with van der Waals surface area (Å²) in [6, 6.07) is 11.8. The number of aromatic nitrogens is 1. The van der Waals surface area contributed by atoms with Crippen molar-refractivity contribution in [1.82, 2.24) is 10.3 Å². The number of benzene rings is 2. The van der Waals surface area contributed by atoms with Crippen LogP contribution in [0.15, 0.2) is 42.6 Å². The molecule has 0 aliphatic rings. The molecule has 0 spiro atoms. The van der Waals surface area contributed by atoms with E-state index in [2.05, 4.69) is 22.4 Å². The number of rotatable bonds is 9. The minimum absolute atomic E-state index is 0.582. The summed E-state index contributed by atoms with van der Waals surface area (Å²) in [5.41, 5.74) is 2.19. The number of nitrogens with zero attached hydrogens (tertiary/aromatic N) is 1. The molecule has 2 aromatic carbocycles. The Morgan fingerprint density at radius 3 is 2.39 bits per heavy atom. The molecule has 148 valence electrons. The van der Waals surface area contributed by atoms with Gasteiger partial charge in [-0.25, -0.2) is 4.98 Å². The summed E-state index contributed by atoms with van der Waals surface area (Å²) in [7, 11) is 4.84. The highest BCUT2D eigenvalue weighted by molar-refractivity contribution is 7.15. The van der Waals surface area contributed by atoms with Crippen LogP contribution in [0.4, 0.5) is 0 Å². The lowest BCUT2D eigenvalue weighted by Crippen LogP contribution is -2.16. The third-order valence-electron chi connectivity index (χ3n) is 4.30. The number of hydrogen-bond acceptors (Lipinski definition) is 6. The van der Waals surface area contributed by atoms with Crippen molar-refractivity contribution in [3.8, 4) is 27.7 Å². The van der Waals surface area contributed by atoms with Crippen LogP contribution in [0.25, 0.3) is 10.4 Å². The third kappa shape index (κ3) is 4.76. The molecule has 0 saturated heterocycles. The molecule has 1 N–H and O–H groups in total. The van der Waals surface area contributed by atoms with Gasteiger partial charge in [-0.05, 0) is 42.8 Å². The molecule has 3 aromatic rings. The molecule has 0 saturated carbocycles. The smallest absolute Gasteiger partial charge is 0.203 e.